The molecule has 0 aliphatic rings. The Bertz CT molecular complexity index is 3130. The van der Waals surface area contributed by atoms with Gasteiger partial charge in [-0.2, -0.15) is 4.57 Å². The van der Waals surface area contributed by atoms with Gasteiger partial charge in [0.05, 0.1) is 11.0 Å². The zero-order valence-corrected chi connectivity index (χ0v) is 35.9. The van der Waals surface area contributed by atoms with E-state index in [0.717, 1.165) is 22.5 Å². The summed E-state index contributed by atoms with van der Waals surface area (Å²) in [4.78, 5) is 5.11. The predicted molar refractivity (Wildman–Crippen MR) is 254 cm³/mol. The lowest BCUT2D eigenvalue weighted by Gasteiger charge is -2.34. The molecule has 10 aromatic rings. The second kappa shape index (κ2) is 14.8. The van der Waals surface area contributed by atoms with Crippen LogP contribution < -0.4 is 25.3 Å². The third-order valence-corrected chi connectivity index (χ3v) is 17.1. The molecule has 0 fully saturated rings. The number of hydrogen-bond acceptors (Lipinski definition) is 1. The van der Waals surface area contributed by atoms with Crippen molar-refractivity contribution in [3.63, 3.8) is 0 Å². The molecule has 0 radical (unpaired) electrons. The molecule has 3 aromatic heterocycles. The molecule has 5 heteroatoms. The summed E-state index contributed by atoms with van der Waals surface area (Å²) >= 11 is 0. The number of para-hydroxylation sites is 3. The van der Waals surface area contributed by atoms with Gasteiger partial charge in [0.2, 0.25) is 6.33 Å². The first-order valence-electron chi connectivity index (χ1n) is 21.1. The fraction of sp³-hybridized carbons (Fsp3) is 0.127. The molecular weight excluding hydrogens is 745 g/mol. The fourth-order valence-electron chi connectivity index (χ4n) is 9.54. The number of rotatable bonds is 8. The Hall–Kier alpha value is -6.82. The molecule has 10 rings (SSSR count). The molecule has 292 valence electrons. The van der Waals surface area contributed by atoms with Gasteiger partial charge in [0.15, 0.2) is 19.1 Å². The molecule has 0 atom stereocenters. The Labute approximate surface area is 353 Å². The number of imidazole rings is 1. The highest BCUT2D eigenvalue weighted by Crippen LogP contribution is 2.34. The first-order valence-corrected chi connectivity index (χ1v) is 23.1. The Balaban J connectivity index is 1.26. The van der Waals surface area contributed by atoms with Crippen LogP contribution in [0.2, 0.25) is 0 Å². The van der Waals surface area contributed by atoms with Crippen LogP contribution in [0.15, 0.2) is 201 Å². The van der Waals surface area contributed by atoms with Crippen LogP contribution in [0, 0.1) is 0 Å². The van der Waals surface area contributed by atoms with Crippen molar-refractivity contribution in [2.45, 2.75) is 46.1 Å². The minimum absolute atomic E-state index is 0.0882. The van der Waals surface area contributed by atoms with Crippen LogP contribution in [-0.4, -0.2) is 22.2 Å². The Morgan fingerprint density at radius 1 is 0.533 bits per heavy atom. The van der Waals surface area contributed by atoms with E-state index in [9.17, 15) is 0 Å². The molecule has 4 nitrogen and oxygen atoms in total. The first-order chi connectivity index (χ1) is 29.2. The van der Waals surface area contributed by atoms with Gasteiger partial charge in [-0.15, -0.1) is 0 Å². The van der Waals surface area contributed by atoms with Crippen molar-refractivity contribution in [1.82, 2.24) is 14.1 Å². The van der Waals surface area contributed by atoms with Gasteiger partial charge < -0.3 is 0 Å². The number of hydrogen-bond donors (Lipinski definition) is 0. The van der Waals surface area contributed by atoms with Gasteiger partial charge in [-0.25, -0.2) is 9.55 Å². The van der Waals surface area contributed by atoms with E-state index in [0.29, 0.717) is 5.92 Å². The van der Waals surface area contributed by atoms with Crippen molar-refractivity contribution in [2.24, 2.45) is 0 Å². The summed E-state index contributed by atoms with van der Waals surface area (Å²) in [5, 5.41) is 7.74. The van der Waals surface area contributed by atoms with Gasteiger partial charge >= 0.3 is 0 Å². The van der Waals surface area contributed by atoms with E-state index < -0.39 is 8.07 Å². The van der Waals surface area contributed by atoms with Gasteiger partial charge in [-0.05, 0) is 113 Å². The lowest BCUT2D eigenvalue weighted by molar-refractivity contribution is -0.731. The SMILES string of the molecule is CC(C)c1ccccc1-c1ccnc(-n2c3ccccc3c3ccc([Si](c4ccccc4)(c4ccccc4)c4cccc(-n5c[n+](C(C)(C)C)c6ccccc65)c4)cc32)c1. The maximum Gasteiger partial charge on any atom is 0.250 e. The molecule has 60 heavy (non-hydrogen) atoms. The van der Waals surface area contributed by atoms with Gasteiger partial charge in [0.25, 0.3) is 0 Å². The number of nitrogens with zero attached hydrogens (tertiary/aromatic N) is 4. The predicted octanol–water partition coefficient (Wildman–Crippen LogP) is 10.3. The van der Waals surface area contributed by atoms with E-state index in [-0.39, 0.29) is 5.54 Å². The molecule has 0 saturated carbocycles. The van der Waals surface area contributed by atoms with E-state index in [4.69, 9.17) is 4.98 Å². The van der Waals surface area contributed by atoms with Gasteiger partial charge in [0, 0.05) is 17.0 Å². The van der Waals surface area contributed by atoms with E-state index in [1.54, 1.807) is 0 Å². The first kappa shape index (κ1) is 37.4. The quantitative estimate of drug-likeness (QED) is 0.0855. The summed E-state index contributed by atoms with van der Waals surface area (Å²) in [5.41, 5.74) is 9.52. The molecule has 0 bridgehead atoms. The fourth-order valence-corrected chi connectivity index (χ4v) is 14.3. The van der Waals surface area contributed by atoms with Gasteiger partial charge in [0.1, 0.15) is 17.0 Å². The molecule has 0 aliphatic heterocycles. The normalized spacial score (nSPS) is 12.2. The van der Waals surface area contributed by atoms with E-state index in [1.807, 2.05) is 6.20 Å². The average molecular weight is 794 g/mol. The van der Waals surface area contributed by atoms with Crippen LogP contribution >= 0.6 is 0 Å². The molecule has 0 amide bonds. The van der Waals surface area contributed by atoms with Crippen LogP contribution in [0.4, 0.5) is 0 Å². The van der Waals surface area contributed by atoms with Crippen molar-refractivity contribution in [3.8, 4) is 22.6 Å². The summed E-state index contributed by atoms with van der Waals surface area (Å²) in [6, 6.07) is 69.8. The lowest BCUT2D eigenvalue weighted by Crippen LogP contribution is -2.74. The third kappa shape index (κ3) is 6.11. The van der Waals surface area contributed by atoms with Crippen LogP contribution in [0.3, 0.4) is 0 Å². The molecule has 0 spiro atoms. The number of aromatic nitrogens is 4. The molecule has 0 aliphatic carbocycles. The van der Waals surface area contributed by atoms with E-state index in [1.165, 1.54) is 59.2 Å². The largest absolute Gasteiger partial charge is 0.294 e. The van der Waals surface area contributed by atoms with Gasteiger partial charge in [-0.1, -0.05) is 153 Å². The summed E-state index contributed by atoms with van der Waals surface area (Å²) in [6.45, 7) is 11.4. The minimum Gasteiger partial charge on any atom is -0.294 e. The topological polar surface area (TPSA) is 26.6 Å². The lowest BCUT2D eigenvalue weighted by atomic mass is 9.93. The van der Waals surface area contributed by atoms with Gasteiger partial charge in [-0.3, -0.25) is 4.57 Å². The van der Waals surface area contributed by atoms with Crippen molar-refractivity contribution in [2.75, 3.05) is 0 Å². The molecule has 7 aromatic carbocycles. The average Bonchev–Trinajstić information content (AvgIpc) is 3.85. The summed E-state index contributed by atoms with van der Waals surface area (Å²) in [7, 11) is -2.99. The zero-order chi connectivity index (χ0) is 41.0. The monoisotopic (exact) mass is 793 g/mol. The minimum atomic E-state index is -2.99. The van der Waals surface area contributed by atoms with Crippen molar-refractivity contribution >= 4 is 61.7 Å². The highest BCUT2D eigenvalue weighted by molar-refractivity contribution is 7.20. The second-order valence-electron chi connectivity index (χ2n) is 17.3. The molecule has 3 heterocycles. The smallest absolute Gasteiger partial charge is 0.250 e. The maximum atomic E-state index is 5.11. The van der Waals surface area contributed by atoms with Crippen molar-refractivity contribution < 1.29 is 4.57 Å². The Morgan fingerprint density at radius 3 is 1.88 bits per heavy atom. The number of fused-ring (bicyclic) bond motifs is 4. The van der Waals surface area contributed by atoms with Crippen molar-refractivity contribution in [1.29, 1.82) is 0 Å². The summed E-state index contributed by atoms with van der Waals surface area (Å²) in [5.74, 6) is 1.31. The maximum absolute atomic E-state index is 5.11. The zero-order valence-electron chi connectivity index (χ0n) is 34.9. The standard InChI is InChI=1S/C55H49N4Si/c1-39(2)46-25-12-13-26-47(46)40-33-34-56-54(35-40)59-50-28-15-14-27-48(50)49-32-31-45(37-53(49)59)60(42-20-8-6-9-21-42,43-22-10-7-11-23-43)44-24-18-19-41(36-44)57-38-58(55(3,4)5)52-30-17-16-29-51(52)57/h6-39H,1-5H3/q+1. The molecule has 0 saturated heterocycles. The van der Waals surface area contributed by atoms with E-state index >= 15 is 0 Å². The molecular formula is C55H49N4Si+. The molecule has 0 N–H and O–H groups in total. The van der Waals surface area contributed by atoms with Crippen LogP contribution in [0.25, 0.3) is 55.5 Å². The number of pyridine rings is 1. The second-order valence-corrected chi connectivity index (χ2v) is 21.1. The van der Waals surface area contributed by atoms with Crippen molar-refractivity contribution in [3.05, 3.63) is 206 Å². The molecule has 0 unspecified atom stereocenters. The Morgan fingerprint density at radius 2 is 1.15 bits per heavy atom. The number of benzene rings is 7. The van der Waals surface area contributed by atoms with Crippen LogP contribution in [0.5, 0.6) is 0 Å². The third-order valence-electron chi connectivity index (χ3n) is 12.3. The van der Waals surface area contributed by atoms with E-state index in [2.05, 4.69) is 243 Å². The van der Waals surface area contributed by atoms with Crippen LogP contribution in [-0.2, 0) is 5.54 Å². The highest BCUT2D eigenvalue weighted by Gasteiger charge is 2.42. The Kier molecular flexibility index (Phi) is 9.22. The summed E-state index contributed by atoms with van der Waals surface area (Å²) in [6.07, 6.45) is 4.25. The summed E-state index contributed by atoms with van der Waals surface area (Å²) < 4.78 is 7.15. The highest BCUT2D eigenvalue weighted by atomic mass is 28.3. The van der Waals surface area contributed by atoms with Crippen LogP contribution in [0.1, 0.15) is 46.1 Å².